The molecular formula is C18H16O. The SMILES string of the molecule is Cc1cccc(C(O)c2cccc3ccccc23)c1. The van der Waals surface area contributed by atoms with Crippen molar-refractivity contribution in [2.75, 3.05) is 0 Å². The van der Waals surface area contributed by atoms with E-state index in [0.29, 0.717) is 0 Å². The fourth-order valence-corrected chi connectivity index (χ4v) is 2.51. The largest absolute Gasteiger partial charge is 0.384 e. The van der Waals surface area contributed by atoms with Gasteiger partial charge in [0.15, 0.2) is 0 Å². The highest BCUT2D eigenvalue weighted by molar-refractivity contribution is 5.86. The van der Waals surface area contributed by atoms with Crippen molar-refractivity contribution in [1.29, 1.82) is 0 Å². The molecule has 1 atom stereocenters. The first-order valence-electron chi connectivity index (χ1n) is 6.48. The lowest BCUT2D eigenvalue weighted by Gasteiger charge is -2.14. The van der Waals surface area contributed by atoms with E-state index in [1.54, 1.807) is 0 Å². The van der Waals surface area contributed by atoms with Crippen molar-refractivity contribution in [3.63, 3.8) is 0 Å². The van der Waals surface area contributed by atoms with E-state index in [1.165, 1.54) is 0 Å². The molecule has 0 fully saturated rings. The summed E-state index contributed by atoms with van der Waals surface area (Å²) >= 11 is 0. The Morgan fingerprint density at radius 3 is 2.42 bits per heavy atom. The molecule has 0 heterocycles. The summed E-state index contributed by atoms with van der Waals surface area (Å²) in [4.78, 5) is 0. The first-order valence-corrected chi connectivity index (χ1v) is 6.48. The third kappa shape index (κ3) is 2.25. The standard InChI is InChI=1S/C18H16O/c1-13-6-4-9-15(12-13)18(19)17-11-5-8-14-7-2-3-10-16(14)17/h2-12,18-19H,1H3. The first-order chi connectivity index (χ1) is 9.25. The predicted octanol–water partition coefficient (Wildman–Crippen LogP) is 4.23. The van der Waals surface area contributed by atoms with Gasteiger partial charge in [-0.15, -0.1) is 0 Å². The molecule has 1 unspecified atom stereocenters. The third-order valence-corrected chi connectivity index (χ3v) is 3.48. The number of aryl methyl sites for hydroxylation is 1. The van der Waals surface area contributed by atoms with Crippen LogP contribution in [0.15, 0.2) is 66.7 Å². The molecule has 0 spiro atoms. The molecule has 0 aliphatic rings. The van der Waals surface area contributed by atoms with Crippen molar-refractivity contribution in [1.82, 2.24) is 0 Å². The lowest BCUT2D eigenvalue weighted by atomic mass is 9.95. The molecule has 19 heavy (non-hydrogen) atoms. The van der Waals surface area contributed by atoms with Gasteiger partial charge in [0.25, 0.3) is 0 Å². The molecule has 3 aromatic carbocycles. The normalized spacial score (nSPS) is 12.5. The maximum Gasteiger partial charge on any atom is 0.105 e. The minimum absolute atomic E-state index is 0.578. The van der Waals surface area contributed by atoms with Crippen LogP contribution in [0.5, 0.6) is 0 Å². The van der Waals surface area contributed by atoms with Crippen molar-refractivity contribution >= 4 is 10.8 Å². The second kappa shape index (κ2) is 4.87. The molecule has 94 valence electrons. The van der Waals surface area contributed by atoms with Gasteiger partial charge in [0, 0.05) is 0 Å². The van der Waals surface area contributed by atoms with Crippen LogP contribution in [-0.2, 0) is 0 Å². The highest BCUT2D eigenvalue weighted by Gasteiger charge is 2.13. The Morgan fingerprint density at radius 1 is 0.842 bits per heavy atom. The molecule has 0 saturated heterocycles. The topological polar surface area (TPSA) is 20.2 Å². The lowest BCUT2D eigenvalue weighted by Crippen LogP contribution is -2.00. The van der Waals surface area contributed by atoms with Crippen LogP contribution in [-0.4, -0.2) is 5.11 Å². The number of aliphatic hydroxyl groups excluding tert-OH is 1. The van der Waals surface area contributed by atoms with Gasteiger partial charge < -0.3 is 5.11 Å². The highest BCUT2D eigenvalue weighted by Crippen LogP contribution is 2.29. The van der Waals surface area contributed by atoms with E-state index < -0.39 is 6.10 Å². The van der Waals surface area contributed by atoms with Crippen molar-refractivity contribution in [3.05, 3.63) is 83.4 Å². The summed E-state index contributed by atoms with van der Waals surface area (Å²) in [5.41, 5.74) is 3.07. The smallest absolute Gasteiger partial charge is 0.105 e. The van der Waals surface area contributed by atoms with Crippen LogP contribution in [0, 0.1) is 6.92 Å². The Kier molecular flexibility index (Phi) is 3.06. The number of benzene rings is 3. The second-order valence-corrected chi connectivity index (χ2v) is 4.89. The molecule has 1 nitrogen and oxygen atoms in total. The van der Waals surface area contributed by atoms with Crippen LogP contribution in [0.4, 0.5) is 0 Å². The van der Waals surface area contributed by atoms with Gasteiger partial charge in [-0.2, -0.15) is 0 Å². The summed E-state index contributed by atoms with van der Waals surface area (Å²) in [5.74, 6) is 0. The molecule has 0 aliphatic carbocycles. The number of rotatable bonds is 2. The zero-order valence-electron chi connectivity index (χ0n) is 10.9. The fourth-order valence-electron chi connectivity index (χ4n) is 2.51. The number of aliphatic hydroxyl groups is 1. The molecule has 3 rings (SSSR count). The van der Waals surface area contributed by atoms with Crippen LogP contribution in [0.1, 0.15) is 22.8 Å². The van der Waals surface area contributed by atoms with Crippen LogP contribution in [0.2, 0.25) is 0 Å². The van der Waals surface area contributed by atoms with Crippen LogP contribution in [0.3, 0.4) is 0 Å². The van der Waals surface area contributed by atoms with E-state index in [-0.39, 0.29) is 0 Å². The Bertz CT molecular complexity index is 710. The Morgan fingerprint density at radius 2 is 1.58 bits per heavy atom. The molecule has 3 aromatic rings. The summed E-state index contributed by atoms with van der Waals surface area (Å²) in [6.45, 7) is 2.04. The summed E-state index contributed by atoms with van der Waals surface area (Å²) in [6.07, 6.45) is -0.578. The summed E-state index contributed by atoms with van der Waals surface area (Å²) in [6, 6.07) is 22.3. The van der Waals surface area contributed by atoms with Gasteiger partial charge in [0.2, 0.25) is 0 Å². The van der Waals surface area contributed by atoms with Crippen LogP contribution < -0.4 is 0 Å². The monoisotopic (exact) mass is 248 g/mol. The van der Waals surface area contributed by atoms with E-state index in [0.717, 1.165) is 27.5 Å². The van der Waals surface area contributed by atoms with Gasteiger partial charge in [-0.25, -0.2) is 0 Å². The minimum Gasteiger partial charge on any atom is -0.384 e. The molecule has 1 heteroatoms. The van der Waals surface area contributed by atoms with Gasteiger partial charge in [0.05, 0.1) is 0 Å². The van der Waals surface area contributed by atoms with Gasteiger partial charge >= 0.3 is 0 Å². The van der Waals surface area contributed by atoms with E-state index in [2.05, 4.69) is 18.2 Å². The number of fused-ring (bicyclic) bond motifs is 1. The fraction of sp³-hybridized carbons (Fsp3) is 0.111. The maximum atomic E-state index is 10.6. The number of hydrogen-bond acceptors (Lipinski definition) is 1. The minimum atomic E-state index is -0.578. The molecule has 0 radical (unpaired) electrons. The summed E-state index contributed by atoms with van der Waals surface area (Å²) < 4.78 is 0. The summed E-state index contributed by atoms with van der Waals surface area (Å²) in [7, 11) is 0. The molecule has 0 aliphatic heterocycles. The second-order valence-electron chi connectivity index (χ2n) is 4.89. The third-order valence-electron chi connectivity index (χ3n) is 3.48. The highest BCUT2D eigenvalue weighted by atomic mass is 16.3. The lowest BCUT2D eigenvalue weighted by molar-refractivity contribution is 0.222. The number of hydrogen-bond donors (Lipinski definition) is 1. The predicted molar refractivity (Wildman–Crippen MR) is 79.2 cm³/mol. The average molecular weight is 248 g/mol. The Hall–Kier alpha value is -2.12. The molecule has 0 bridgehead atoms. The zero-order valence-corrected chi connectivity index (χ0v) is 10.9. The van der Waals surface area contributed by atoms with Crippen molar-refractivity contribution < 1.29 is 5.11 Å². The molecule has 0 amide bonds. The van der Waals surface area contributed by atoms with Crippen LogP contribution in [0.25, 0.3) is 10.8 Å². The molecule has 0 aromatic heterocycles. The quantitative estimate of drug-likeness (QED) is 0.719. The van der Waals surface area contributed by atoms with Gasteiger partial charge in [0.1, 0.15) is 6.10 Å². The van der Waals surface area contributed by atoms with Gasteiger partial charge in [-0.1, -0.05) is 72.3 Å². The molecular weight excluding hydrogens is 232 g/mol. The van der Waals surface area contributed by atoms with Crippen LogP contribution >= 0.6 is 0 Å². The van der Waals surface area contributed by atoms with E-state index in [1.807, 2.05) is 55.5 Å². The van der Waals surface area contributed by atoms with E-state index in [9.17, 15) is 5.11 Å². The van der Waals surface area contributed by atoms with Crippen molar-refractivity contribution in [2.45, 2.75) is 13.0 Å². The molecule has 0 saturated carbocycles. The maximum absolute atomic E-state index is 10.6. The zero-order chi connectivity index (χ0) is 13.2. The molecule has 1 N–H and O–H groups in total. The van der Waals surface area contributed by atoms with Crippen molar-refractivity contribution in [3.8, 4) is 0 Å². The Balaban J connectivity index is 2.14. The van der Waals surface area contributed by atoms with E-state index >= 15 is 0 Å². The average Bonchev–Trinajstić information content (AvgIpc) is 2.46. The van der Waals surface area contributed by atoms with Gasteiger partial charge in [-0.3, -0.25) is 0 Å². The first kappa shape index (κ1) is 11.9. The van der Waals surface area contributed by atoms with Crippen molar-refractivity contribution in [2.24, 2.45) is 0 Å². The van der Waals surface area contributed by atoms with Gasteiger partial charge in [-0.05, 0) is 28.8 Å². The Labute approximate surface area is 113 Å². The summed E-state index contributed by atoms with van der Waals surface area (Å²) in [5, 5.41) is 12.9. The van der Waals surface area contributed by atoms with E-state index in [4.69, 9.17) is 0 Å².